The van der Waals surface area contributed by atoms with E-state index in [0.717, 1.165) is 22.6 Å². The van der Waals surface area contributed by atoms with E-state index in [1.807, 2.05) is 76.2 Å². The zero-order chi connectivity index (χ0) is 57.6. The zero-order valence-electron chi connectivity index (χ0n) is 46.4. The predicted molar refractivity (Wildman–Crippen MR) is 280 cm³/mol. The second kappa shape index (κ2) is 28.9. The van der Waals surface area contributed by atoms with Gasteiger partial charge in [-0.15, -0.1) is 0 Å². The molecule has 0 bridgehead atoms. The molecule has 2 aromatic rings. The number of rotatable bonds is 10. The van der Waals surface area contributed by atoms with E-state index in [9.17, 15) is 46.7 Å². The molecule has 8 rings (SSSR count). The van der Waals surface area contributed by atoms with E-state index < -0.39 is 72.7 Å². The number of nitrogens with zero attached hydrogens (tertiary/aromatic N) is 3. The Bertz CT molecular complexity index is 2450. The Labute approximate surface area is 456 Å². The Morgan fingerprint density at radius 3 is 1.49 bits per heavy atom. The molecule has 0 unspecified atom stereocenters. The minimum atomic E-state index is -4.97. The summed E-state index contributed by atoms with van der Waals surface area (Å²) in [7, 11) is 1.47. The van der Waals surface area contributed by atoms with Gasteiger partial charge in [0.25, 0.3) is 0 Å². The van der Waals surface area contributed by atoms with E-state index >= 15 is 0 Å². The average molecular weight is 1110 g/mol. The topological polar surface area (TPSA) is 241 Å². The van der Waals surface area contributed by atoms with E-state index in [1.54, 1.807) is 32.6 Å². The first kappa shape index (κ1) is 62.4. The van der Waals surface area contributed by atoms with Crippen LogP contribution in [0.25, 0.3) is 0 Å². The van der Waals surface area contributed by atoms with Crippen LogP contribution in [-0.4, -0.2) is 150 Å². The monoisotopic (exact) mass is 1100 g/mol. The molecule has 7 amide bonds. The van der Waals surface area contributed by atoms with Crippen LogP contribution >= 0.6 is 0 Å². The van der Waals surface area contributed by atoms with Gasteiger partial charge in [0.05, 0.1) is 38.5 Å². The van der Waals surface area contributed by atoms with Gasteiger partial charge in [0.1, 0.15) is 61.1 Å². The molecular weight excluding hydrogens is 1020 g/mol. The van der Waals surface area contributed by atoms with E-state index in [1.165, 1.54) is 16.8 Å². The van der Waals surface area contributed by atoms with Crippen molar-refractivity contribution in [3.8, 4) is 11.5 Å². The second-order valence-electron chi connectivity index (χ2n) is 20.2. The Hall–Kier alpha value is -6.49. The molecule has 6 aliphatic heterocycles. The minimum Gasteiger partial charge on any atom is -0.493 e. The summed E-state index contributed by atoms with van der Waals surface area (Å²) in [4.78, 5) is 105. The number of benzene rings is 2. The van der Waals surface area contributed by atoms with E-state index in [2.05, 4.69) is 21.3 Å². The van der Waals surface area contributed by atoms with Gasteiger partial charge in [0.2, 0.25) is 41.7 Å². The fourth-order valence-electron chi connectivity index (χ4n) is 9.49. The maximum Gasteiger partial charge on any atom is 0.446 e. The molecule has 6 heterocycles. The number of nitrogens with one attached hydrogen (secondary N) is 4. The summed E-state index contributed by atoms with van der Waals surface area (Å²) in [6.45, 7) is 16.2. The van der Waals surface area contributed by atoms with Crippen molar-refractivity contribution in [3.63, 3.8) is 0 Å². The van der Waals surface area contributed by atoms with Gasteiger partial charge in [-0.3, -0.25) is 38.5 Å². The number of hydrogen-bond donors (Lipinski definition) is 4. The van der Waals surface area contributed by atoms with Gasteiger partial charge in [-0.2, -0.15) is 13.2 Å². The highest BCUT2D eigenvalue weighted by molar-refractivity contribution is 5.95. The van der Waals surface area contributed by atoms with Crippen molar-refractivity contribution < 1.29 is 76.6 Å². The van der Waals surface area contributed by atoms with Crippen LogP contribution in [-0.2, 0) is 47.8 Å². The third kappa shape index (κ3) is 16.8. The first-order valence-corrected chi connectivity index (χ1v) is 26.5. The molecule has 20 nitrogen and oxygen atoms in total. The van der Waals surface area contributed by atoms with Gasteiger partial charge in [-0.05, 0) is 71.9 Å². The molecule has 434 valence electrons. The van der Waals surface area contributed by atoms with Crippen LogP contribution in [0.1, 0.15) is 145 Å². The van der Waals surface area contributed by atoms with Crippen molar-refractivity contribution in [2.24, 2.45) is 5.92 Å². The largest absolute Gasteiger partial charge is 0.493 e. The average Bonchev–Trinajstić information content (AvgIpc) is 4.03. The number of amides is 7. The van der Waals surface area contributed by atoms with Gasteiger partial charge in [0, 0.05) is 49.8 Å². The highest BCUT2D eigenvalue weighted by Crippen LogP contribution is 2.36. The standard InChI is InChI=1S/C27H38N4O7.C23H31N3O5.C2HF3O.C2H6.CH4/c1-16(30(5)26(35)38-27(2,3)4)23(32)29-19-13-15-37-22-11-10-20(31(22)25(19)34)24(33)28-18-12-14-36-21-9-7-6-8-17(18)21;1-3-14(2)21(27)25-17-11-13-31-20-9-8-18(26(20)23(17)29)22(28)24-16-10-12-30-19-7-5-4-6-15(16)19;3-2(4,5)1-6;1-2;/h6-9,16,18-20,22H,10-15H2,1-5H3,(H,28,33)(H,29,32);4-7,14,16-18,20H,3,8-13H2,1-2H3,(H,24,28)(H,25,27);1H;1-2H3;1H4/t16-,18+,19-,20-,22-;14-,16-,17+,18+,20+;;;/m01.../s1/i;;1D;;. The SMILES string of the molecule is C.CC.CC[C@@H](C)C(=O)N[C@H]1CCO[C@H]2CC[C@@H](C(=O)N[C@@H]3CCOc4ccccc43)N2C1=O.C[C@@H](C(=O)N[C@H]1CCO[C@H]2CC[C@@H](C(=O)N[C@@H]3CCOc4ccccc43)N2C1=O)N(C)C(=O)OC(C)(C)C.[2H]C(=O)C(F)(F)F. The quantitative estimate of drug-likeness (QED) is 0.188. The van der Waals surface area contributed by atoms with Crippen molar-refractivity contribution in [2.75, 3.05) is 33.5 Å². The van der Waals surface area contributed by atoms with Gasteiger partial charge < -0.3 is 54.8 Å². The Kier molecular flexibility index (Phi) is 23.1. The number of hydrogen-bond acceptors (Lipinski definition) is 13. The molecule has 2 aromatic carbocycles. The summed E-state index contributed by atoms with van der Waals surface area (Å²) in [5.41, 5.74) is 1.16. The number of para-hydroxylation sites is 2. The van der Waals surface area contributed by atoms with Crippen LogP contribution in [0.5, 0.6) is 11.5 Å². The van der Waals surface area contributed by atoms with Crippen molar-refractivity contribution >= 4 is 47.8 Å². The van der Waals surface area contributed by atoms with Crippen LogP contribution in [0.4, 0.5) is 18.0 Å². The lowest BCUT2D eigenvalue weighted by Crippen LogP contribution is -2.57. The molecular formula is C55H80F3N7O13. The summed E-state index contributed by atoms with van der Waals surface area (Å²) in [5, 5.41) is 11.8. The molecule has 23 heteroatoms. The van der Waals surface area contributed by atoms with E-state index in [-0.39, 0.29) is 68.0 Å². The minimum absolute atomic E-state index is 0. The highest BCUT2D eigenvalue weighted by Gasteiger charge is 2.48. The van der Waals surface area contributed by atoms with Crippen molar-refractivity contribution in [2.45, 2.75) is 187 Å². The smallest absolute Gasteiger partial charge is 0.446 e. The number of ether oxygens (including phenoxy) is 5. The molecule has 4 saturated heterocycles. The van der Waals surface area contributed by atoms with Gasteiger partial charge >= 0.3 is 12.3 Å². The summed E-state index contributed by atoms with van der Waals surface area (Å²) >= 11 is 0. The zero-order valence-corrected chi connectivity index (χ0v) is 45.4. The first-order valence-electron chi connectivity index (χ1n) is 27.0. The Morgan fingerprint density at radius 1 is 0.692 bits per heavy atom. The Balaban J connectivity index is 0.000000296. The normalized spacial score (nSPS) is 25.0. The number of alkyl halides is 3. The van der Waals surface area contributed by atoms with Crippen LogP contribution in [0.2, 0.25) is 0 Å². The number of fused-ring (bicyclic) bond motifs is 4. The molecule has 0 radical (unpaired) electrons. The molecule has 10 atom stereocenters. The molecule has 0 saturated carbocycles. The maximum atomic E-state index is 13.6. The molecule has 78 heavy (non-hydrogen) atoms. The van der Waals surface area contributed by atoms with Crippen LogP contribution in [0, 0.1) is 5.92 Å². The third-order valence-corrected chi connectivity index (χ3v) is 13.8. The summed E-state index contributed by atoms with van der Waals surface area (Å²) in [6, 6.07) is 11.2. The van der Waals surface area contributed by atoms with Crippen LogP contribution in [0.15, 0.2) is 48.5 Å². The first-order chi connectivity index (χ1) is 36.9. The number of carbonyl (C=O) groups excluding carboxylic acids is 8. The van der Waals surface area contributed by atoms with Crippen LogP contribution in [0.3, 0.4) is 0 Å². The Morgan fingerprint density at radius 2 is 1.09 bits per heavy atom. The van der Waals surface area contributed by atoms with Crippen molar-refractivity contribution in [1.29, 1.82) is 0 Å². The lowest BCUT2D eigenvalue weighted by molar-refractivity contribution is -0.156. The molecule has 6 aliphatic rings. The highest BCUT2D eigenvalue weighted by atomic mass is 19.4. The number of carbonyl (C=O) groups is 8. The van der Waals surface area contributed by atoms with Gasteiger partial charge in [-0.1, -0.05) is 71.5 Å². The summed E-state index contributed by atoms with van der Waals surface area (Å²) < 4.78 is 65.9. The lowest BCUT2D eigenvalue weighted by atomic mass is 10.00. The second-order valence-corrected chi connectivity index (χ2v) is 20.2. The molecule has 4 N–H and O–H groups in total. The predicted octanol–water partition coefficient (Wildman–Crippen LogP) is 6.41. The number of aldehydes is 1. The number of halogens is 3. The van der Waals surface area contributed by atoms with Gasteiger partial charge in [0.15, 0.2) is 0 Å². The molecule has 0 aromatic heterocycles. The molecule has 4 fully saturated rings. The van der Waals surface area contributed by atoms with E-state index in [0.29, 0.717) is 71.2 Å². The summed E-state index contributed by atoms with van der Waals surface area (Å²) in [5.74, 6) is -0.305. The maximum absolute atomic E-state index is 13.6. The fourth-order valence-corrected chi connectivity index (χ4v) is 9.49. The molecule has 0 aliphatic carbocycles. The molecule has 0 spiro atoms. The summed E-state index contributed by atoms with van der Waals surface area (Å²) in [6.07, 6.45) is -4.22. The van der Waals surface area contributed by atoms with Crippen LogP contribution < -0.4 is 30.7 Å². The van der Waals surface area contributed by atoms with Gasteiger partial charge in [-0.25, -0.2) is 4.79 Å². The van der Waals surface area contributed by atoms with Crippen molar-refractivity contribution in [1.82, 2.24) is 36.0 Å². The number of likely N-dealkylation sites (N-methyl/N-ethyl adjacent to an activating group) is 1. The third-order valence-electron chi connectivity index (χ3n) is 13.8. The van der Waals surface area contributed by atoms with E-state index in [4.69, 9.17) is 29.8 Å². The van der Waals surface area contributed by atoms with Crippen molar-refractivity contribution in [3.05, 3.63) is 59.7 Å². The lowest BCUT2D eigenvalue weighted by Gasteiger charge is -2.33. The fraction of sp³-hybridized carbons (Fsp3) is 0.636.